The van der Waals surface area contributed by atoms with Crippen molar-refractivity contribution >= 4 is 9.84 Å². The Morgan fingerprint density at radius 2 is 2.11 bits per heavy atom. The van der Waals surface area contributed by atoms with Gasteiger partial charge in [0.1, 0.15) is 9.84 Å². The summed E-state index contributed by atoms with van der Waals surface area (Å²) < 4.78 is 28.3. The molecule has 2 unspecified atom stereocenters. The van der Waals surface area contributed by atoms with Crippen LogP contribution < -0.4 is 5.32 Å². The number of sulfone groups is 1. The van der Waals surface area contributed by atoms with Crippen LogP contribution in [0.25, 0.3) is 0 Å². The van der Waals surface area contributed by atoms with E-state index in [-0.39, 0.29) is 5.75 Å². The van der Waals surface area contributed by atoms with Crippen molar-refractivity contribution in [2.75, 3.05) is 25.2 Å². The zero-order chi connectivity index (χ0) is 14.1. The van der Waals surface area contributed by atoms with Crippen LogP contribution in [0.3, 0.4) is 0 Å². The van der Waals surface area contributed by atoms with Gasteiger partial charge in [-0.1, -0.05) is 6.92 Å². The highest BCUT2D eigenvalue weighted by Gasteiger charge is 2.17. The van der Waals surface area contributed by atoms with Gasteiger partial charge in [-0.25, -0.2) is 8.42 Å². The average molecular weight is 291 g/mol. The lowest BCUT2D eigenvalue weighted by molar-refractivity contribution is 0.00854. The molecule has 5 heteroatoms. The normalized spacial score (nSPS) is 22.3. The van der Waals surface area contributed by atoms with E-state index in [9.17, 15) is 8.42 Å². The van der Waals surface area contributed by atoms with Crippen molar-refractivity contribution in [2.45, 2.75) is 64.0 Å². The molecule has 0 aromatic carbocycles. The Labute approximate surface area is 118 Å². The van der Waals surface area contributed by atoms with Gasteiger partial charge < -0.3 is 10.1 Å². The quantitative estimate of drug-likeness (QED) is 0.707. The zero-order valence-corrected chi connectivity index (χ0v) is 13.2. The fourth-order valence-electron chi connectivity index (χ4n) is 2.48. The third-order valence-corrected chi connectivity index (χ3v) is 4.61. The van der Waals surface area contributed by atoms with Crippen molar-refractivity contribution in [3.63, 3.8) is 0 Å². The molecule has 0 aliphatic carbocycles. The Balaban J connectivity index is 2.30. The van der Waals surface area contributed by atoms with Crippen LogP contribution in [0.4, 0.5) is 0 Å². The van der Waals surface area contributed by atoms with E-state index in [0.29, 0.717) is 18.6 Å². The Kier molecular flexibility index (Phi) is 7.95. The van der Waals surface area contributed by atoms with E-state index in [0.717, 1.165) is 38.8 Å². The maximum absolute atomic E-state index is 11.3. The van der Waals surface area contributed by atoms with Gasteiger partial charge in [0.25, 0.3) is 0 Å². The van der Waals surface area contributed by atoms with E-state index in [1.165, 1.54) is 19.1 Å². The van der Waals surface area contributed by atoms with Gasteiger partial charge in [0.05, 0.1) is 11.9 Å². The first-order valence-electron chi connectivity index (χ1n) is 7.54. The number of ether oxygens (including phenoxy) is 1. The summed E-state index contributed by atoms with van der Waals surface area (Å²) in [6.07, 6.45) is 9.16. The molecule has 1 saturated heterocycles. The summed E-state index contributed by atoms with van der Waals surface area (Å²) in [4.78, 5) is 0. The van der Waals surface area contributed by atoms with Crippen molar-refractivity contribution in [1.29, 1.82) is 0 Å². The molecule has 114 valence electrons. The highest BCUT2D eigenvalue weighted by Crippen LogP contribution is 2.18. The molecule has 0 spiro atoms. The van der Waals surface area contributed by atoms with E-state index in [1.807, 2.05) is 0 Å². The number of rotatable bonds is 9. The van der Waals surface area contributed by atoms with Crippen LogP contribution in [-0.2, 0) is 14.6 Å². The standard InChI is InChI=1S/C14H29NO3S/c1-3-10-15-13(9-12-19(2,16)17)7-8-14-6-4-5-11-18-14/h13-15H,3-12H2,1-2H3. The van der Waals surface area contributed by atoms with Crippen molar-refractivity contribution in [3.05, 3.63) is 0 Å². The lowest BCUT2D eigenvalue weighted by Crippen LogP contribution is -2.33. The molecular formula is C14H29NO3S. The van der Waals surface area contributed by atoms with Crippen molar-refractivity contribution in [3.8, 4) is 0 Å². The largest absolute Gasteiger partial charge is 0.378 e. The minimum absolute atomic E-state index is 0.278. The molecule has 19 heavy (non-hydrogen) atoms. The summed E-state index contributed by atoms with van der Waals surface area (Å²) in [6, 6.07) is 0.306. The minimum Gasteiger partial charge on any atom is -0.378 e. The van der Waals surface area contributed by atoms with Crippen molar-refractivity contribution in [2.24, 2.45) is 0 Å². The molecule has 0 bridgehead atoms. The number of nitrogens with one attached hydrogen (secondary N) is 1. The first-order chi connectivity index (χ1) is 9.01. The summed E-state index contributed by atoms with van der Waals surface area (Å²) in [6.45, 7) is 3.98. The molecule has 0 aromatic rings. The van der Waals surface area contributed by atoms with Gasteiger partial charge in [-0.2, -0.15) is 0 Å². The van der Waals surface area contributed by atoms with E-state index in [2.05, 4.69) is 12.2 Å². The lowest BCUT2D eigenvalue weighted by atomic mass is 10.0. The highest BCUT2D eigenvalue weighted by atomic mass is 32.2. The van der Waals surface area contributed by atoms with Crippen LogP contribution in [0.2, 0.25) is 0 Å². The van der Waals surface area contributed by atoms with E-state index >= 15 is 0 Å². The molecule has 2 atom stereocenters. The van der Waals surface area contributed by atoms with Gasteiger partial charge in [0.15, 0.2) is 0 Å². The van der Waals surface area contributed by atoms with Gasteiger partial charge in [0.2, 0.25) is 0 Å². The van der Waals surface area contributed by atoms with Gasteiger partial charge in [-0.05, 0) is 51.5 Å². The Hall–Kier alpha value is -0.130. The third-order valence-electron chi connectivity index (χ3n) is 3.63. The highest BCUT2D eigenvalue weighted by molar-refractivity contribution is 7.90. The van der Waals surface area contributed by atoms with Crippen molar-refractivity contribution in [1.82, 2.24) is 5.32 Å². The summed E-state index contributed by atoms with van der Waals surface area (Å²) in [5, 5.41) is 3.46. The molecule has 0 aromatic heterocycles. The molecule has 1 rings (SSSR count). The Morgan fingerprint density at radius 3 is 2.68 bits per heavy atom. The predicted molar refractivity (Wildman–Crippen MR) is 79.2 cm³/mol. The molecular weight excluding hydrogens is 262 g/mol. The number of hydrogen-bond acceptors (Lipinski definition) is 4. The molecule has 1 fully saturated rings. The third kappa shape index (κ3) is 8.60. The minimum atomic E-state index is -2.86. The Bertz CT molecular complexity index is 324. The van der Waals surface area contributed by atoms with E-state index in [1.54, 1.807) is 0 Å². The van der Waals surface area contributed by atoms with Crippen LogP contribution >= 0.6 is 0 Å². The summed E-state index contributed by atoms with van der Waals surface area (Å²) in [5.41, 5.74) is 0. The molecule has 1 heterocycles. The molecule has 1 aliphatic heterocycles. The van der Waals surface area contributed by atoms with Gasteiger partial charge >= 0.3 is 0 Å². The molecule has 0 saturated carbocycles. The molecule has 4 nitrogen and oxygen atoms in total. The topological polar surface area (TPSA) is 55.4 Å². The molecule has 0 amide bonds. The fraction of sp³-hybridized carbons (Fsp3) is 1.00. The monoisotopic (exact) mass is 291 g/mol. The zero-order valence-electron chi connectivity index (χ0n) is 12.4. The van der Waals surface area contributed by atoms with Gasteiger partial charge in [-0.3, -0.25) is 0 Å². The second-order valence-electron chi connectivity index (χ2n) is 5.64. The smallest absolute Gasteiger partial charge is 0.147 e. The molecule has 1 aliphatic rings. The van der Waals surface area contributed by atoms with Crippen molar-refractivity contribution < 1.29 is 13.2 Å². The predicted octanol–water partition coefficient (Wildman–Crippen LogP) is 2.14. The van der Waals surface area contributed by atoms with Crippen LogP contribution in [0, 0.1) is 0 Å². The summed E-state index contributed by atoms with van der Waals surface area (Å²) in [5.74, 6) is 0.278. The van der Waals surface area contributed by atoms with Crippen LogP contribution in [0.15, 0.2) is 0 Å². The second-order valence-corrected chi connectivity index (χ2v) is 7.90. The van der Waals surface area contributed by atoms with Crippen LogP contribution in [0.5, 0.6) is 0 Å². The lowest BCUT2D eigenvalue weighted by Gasteiger charge is -2.25. The van der Waals surface area contributed by atoms with Gasteiger partial charge in [-0.15, -0.1) is 0 Å². The maximum Gasteiger partial charge on any atom is 0.147 e. The second kappa shape index (κ2) is 8.93. The van der Waals surface area contributed by atoms with Gasteiger partial charge in [0, 0.05) is 18.9 Å². The average Bonchev–Trinajstić information content (AvgIpc) is 2.38. The van der Waals surface area contributed by atoms with E-state index in [4.69, 9.17) is 4.74 Å². The SMILES string of the molecule is CCCNC(CCC1CCCCO1)CCS(C)(=O)=O. The first kappa shape index (κ1) is 16.9. The van der Waals surface area contributed by atoms with E-state index < -0.39 is 9.84 Å². The van der Waals surface area contributed by atoms with Crippen LogP contribution in [-0.4, -0.2) is 45.7 Å². The molecule has 0 radical (unpaired) electrons. The first-order valence-corrected chi connectivity index (χ1v) is 9.60. The number of hydrogen-bond donors (Lipinski definition) is 1. The Morgan fingerprint density at radius 1 is 1.32 bits per heavy atom. The summed E-state index contributed by atoms with van der Waals surface area (Å²) >= 11 is 0. The maximum atomic E-state index is 11.3. The summed E-state index contributed by atoms with van der Waals surface area (Å²) in [7, 11) is -2.86. The molecule has 1 N–H and O–H groups in total. The fourth-order valence-corrected chi connectivity index (χ4v) is 3.19. The van der Waals surface area contributed by atoms with Crippen LogP contribution in [0.1, 0.15) is 51.9 Å².